The van der Waals surface area contributed by atoms with E-state index < -0.39 is 0 Å². The summed E-state index contributed by atoms with van der Waals surface area (Å²) in [5.41, 5.74) is 0.818. The van der Waals surface area contributed by atoms with Gasteiger partial charge in [-0.2, -0.15) is 4.98 Å². The van der Waals surface area contributed by atoms with Crippen LogP contribution in [0.25, 0.3) is 11.4 Å². The molecular formula is C18H25N3O3. The van der Waals surface area contributed by atoms with Crippen LogP contribution in [0, 0.1) is 0 Å². The lowest BCUT2D eigenvalue weighted by Gasteiger charge is -2.39. The van der Waals surface area contributed by atoms with Crippen molar-refractivity contribution >= 4 is 0 Å². The van der Waals surface area contributed by atoms with Gasteiger partial charge in [-0.15, -0.1) is 0 Å². The maximum atomic E-state index is 5.69. The lowest BCUT2D eigenvalue weighted by molar-refractivity contribution is -0.0751. The second-order valence-electron chi connectivity index (χ2n) is 6.61. The molecule has 0 spiro atoms. The SMILES string of the molecule is COC1(Cc2nc(-c3ccc(OCCN(C)C)cc3)no2)CCC1. The summed E-state index contributed by atoms with van der Waals surface area (Å²) < 4.78 is 16.7. The zero-order valence-electron chi connectivity index (χ0n) is 14.6. The molecule has 1 saturated carbocycles. The molecule has 0 radical (unpaired) electrons. The molecule has 0 N–H and O–H groups in total. The van der Waals surface area contributed by atoms with E-state index in [0.717, 1.165) is 30.7 Å². The summed E-state index contributed by atoms with van der Waals surface area (Å²) in [6.45, 7) is 1.55. The van der Waals surface area contributed by atoms with Crippen molar-refractivity contribution in [2.75, 3.05) is 34.4 Å². The minimum Gasteiger partial charge on any atom is -0.492 e. The second-order valence-corrected chi connectivity index (χ2v) is 6.61. The van der Waals surface area contributed by atoms with Crippen molar-refractivity contribution in [2.45, 2.75) is 31.3 Å². The highest BCUT2D eigenvalue weighted by Gasteiger charge is 2.38. The van der Waals surface area contributed by atoms with E-state index in [0.29, 0.717) is 24.7 Å². The second kappa shape index (κ2) is 7.32. The molecule has 0 bridgehead atoms. The Bertz CT molecular complexity index is 642. The third kappa shape index (κ3) is 3.94. The minimum absolute atomic E-state index is 0.103. The Balaban J connectivity index is 1.60. The van der Waals surface area contributed by atoms with Crippen LogP contribution in [-0.4, -0.2) is 55.0 Å². The Hall–Kier alpha value is -1.92. The van der Waals surface area contributed by atoms with E-state index in [1.165, 1.54) is 6.42 Å². The standard InChI is InChI=1S/C18H25N3O3/c1-21(2)11-12-23-15-7-5-14(6-8-15)17-19-16(24-20-17)13-18(22-3)9-4-10-18/h5-8H,4,9-13H2,1-3H3. The average Bonchev–Trinajstić information content (AvgIpc) is 3.00. The van der Waals surface area contributed by atoms with Crippen molar-refractivity contribution in [1.29, 1.82) is 0 Å². The van der Waals surface area contributed by atoms with Crippen molar-refractivity contribution in [3.63, 3.8) is 0 Å². The summed E-state index contributed by atoms with van der Waals surface area (Å²) in [4.78, 5) is 6.59. The van der Waals surface area contributed by atoms with Crippen LogP contribution in [-0.2, 0) is 11.2 Å². The molecule has 1 aromatic carbocycles. The maximum Gasteiger partial charge on any atom is 0.229 e. The maximum absolute atomic E-state index is 5.69. The fourth-order valence-electron chi connectivity index (χ4n) is 2.79. The minimum atomic E-state index is -0.103. The van der Waals surface area contributed by atoms with Gasteiger partial charge in [0.05, 0.1) is 12.0 Å². The van der Waals surface area contributed by atoms with Crippen molar-refractivity contribution in [1.82, 2.24) is 15.0 Å². The first kappa shape index (κ1) is 16.9. The van der Waals surface area contributed by atoms with E-state index in [1.807, 2.05) is 38.4 Å². The number of ether oxygens (including phenoxy) is 2. The van der Waals surface area contributed by atoms with Gasteiger partial charge in [-0.05, 0) is 57.6 Å². The first-order chi connectivity index (χ1) is 11.6. The van der Waals surface area contributed by atoms with E-state index in [2.05, 4.69) is 15.0 Å². The van der Waals surface area contributed by atoms with E-state index in [9.17, 15) is 0 Å². The zero-order chi connectivity index (χ0) is 17.0. The number of hydrogen-bond acceptors (Lipinski definition) is 6. The number of likely N-dealkylation sites (N-methyl/N-ethyl adjacent to an activating group) is 1. The third-order valence-electron chi connectivity index (χ3n) is 4.56. The topological polar surface area (TPSA) is 60.6 Å². The Kier molecular flexibility index (Phi) is 5.16. The average molecular weight is 331 g/mol. The fraction of sp³-hybridized carbons (Fsp3) is 0.556. The van der Waals surface area contributed by atoms with Crippen molar-refractivity contribution < 1.29 is 14.0 Å². The summed E-state index contributed by atoms with van der Waals surface area (Å²) >= 11 is 0. The molecule has 130 valence electrons. The van der Waals surface area contributed by atoms with Crippen LogP contribution in [0.4, 0.5) is 0 Å². The first-order valence-corrected chi connectivity index (χ1v) is 8.36. The molecule has 1 aliphatic carbocycles. The Morgan fingerprint density at radius 3 is 2.54 bits per heavy atom. The number of methoxy groups -OCH3 is 1. The number of hydrogen-bond donors (Lipinski definition) is 0. The molecule has 0 saturated heterocycles. The van der Waals surface area contributed by atoms with Crippen LogP contribution < -0.4 is 4.74 Å². The van der Waals surface area contributed by atoms with Crippen LogP contribution in [0.15, 0.2) is 28.8 Å². The number of nitrogens with zero attached hydrogens (tertiary/aromatic N) is 3. The van der Waals surface area contributed by atoms with Gasteiger partial charge in [-0.1, -0.05) is 5.16 Å². The molecule has 0 atom stereocenters. The Morgan fingerprint density at radius 2 is 1.96 bits per heavy atom. The van der Waals surface area contributed by atoms with Gasteiger partial charge in [0.1, 0.15) is 12.4 Å². The van der Waals surface area contributed by atoms with E-state index in [1.54, 1.807) is 7.11 Å². The van der Waals surface area contributed by atoms with Crippen LogP contribution in [0.5, 0.6) is 5.75 Å². The number of aromatic nitrogens is 2. The van der Waals surface area contributed by atoms with Crippen molar-refractivity contribution in [2.24, 2.45) is 0 Å². The molecule has 1 aromatic heterocycles. The van der Waals surface area contributed by atoms with Gasteiger partial charge in [0.2, 0.25) is 11.7 Å². The highest BCUT2D eigenvalue weighted by Crippen LogP contribution is 2.37. The molecule has 1 fully saturated rings. The van der Waals surface area contributed by atoms with Crippen LogP contribution in [0.3, 0.4) is 0 Å². The molecule has 1 heterocycles. The Morgan fingerprint density at radius 1 is 1.21 bits per heavy atom. The molecule has 6 heteroatoms. The summed E-state index contributed by atoms with van der Waals surface area (Å²) in [7, 11) is 5.81. The summed E-state index contributed by atoms with van der Waals surface area (Å²) in [6, 6.07) is 7.78. The molecule has 3 rings (SSSR count). The molecule has 2 aromatic rings. The summed E-state index contributed by atoms with van der Waals surface area (Å²) in [6.07, 6.45) is 3.99. The van der Waals surface area contributed by atoms with E-state index in [4.69, 9.17) is 14.0 Å². The third-order valence-corrected chi connectivity index (χ3v) is 4.56. The number of rotatable bonds is 8. The first-order valence-electron chi connectivity index (χ1n) is 8.36. The van der Waals surface area contributed by atoms with Crippen LogP contribution >= 0.6 is 0 Å². The molecule has 0 amide bonds. The van der Waals surface area contributed by atoms with Gasteiger partial charge < -0.3 is 18.9 Å². The predicted octanol–water partition coefficient (Wildman–Crippen LogP) is 2.79. The van der Waals surface area contributed by atoms with E-state index in [-0.39, 0.29) is 5.60 Å². The van der Waals surface area contributed by atoms with Gasteiger partial charge in [0.25, 0.3) is 0 Å². The molecule has 0 unspecified atom stereocenters. The quantitative estimate of drug-likeness (QED) is 0.741. The monoisotopic (exact) mass is 331 g/mol. The molecule has 6 nitrogen and oxygen atoms in total. The highest BCUT2D eigenvalue weighted by atomic mass is 16.5. The largest absolute Gasteiger partial charge is 0.492 e. The summed E-state index contributed by atoms with van der Waals surface area (Å²) in [5.74, 6) is 2.09. The zero-order valence-corrected chi connectivity index (χ0v) is 14.6. The summed E-state index contributed by atoms with van der Waals surface area (Å²) in [5, 5.41) is 4.09. The van der Waals surface area contributed by atoms with E-state index >= 15 is 0 Å². The van der Waals surface area contributed by atoms with Crippen molar-refractivity contribution in [3.8, 4) is 17.1 Å². The molecule has 0 aliphatic heterocycles. The smallest absolute Gasteiger partial charge is 0.229 e. The molecular weight excluding hydrogens is 306 g/mol. The lowest BCUT2D eigenvalue weighted by Crippen LogP contribution is -2.41. The predicted molar refractivity (Wildman–Crippen MR) is 91.1 cm³/mol. The van der Waals surface area contributed by atoms with Crippen LogP contribution in [0.1, 0.15) is 25.2 Å². The number of benzene rings is 1. The fourth-order valence-corrected chi connectivity index (χ4v) is 2.79. The molecule has 24 heavy (non-hydrogen) atoms. The highest BCUT2D eigenvalue weighted by molar-refractivity contribution is 5.55. The Labute approximate surface area is 142 Å². The van der Waals surface area contributed by atoms with Gasteiger partial charge in [-0.3, -0.25) is 0 Å². The van der Waals surface area contributed by atoms with Gasteiger partial charge in [-0.25, -0.2) is 0 Å². The van der Waals surface area contributed by atoms with Crippen LogP contribution in [0.2, 0.25) is 0 Å². The van der Waals surface area contributed by atoms with Crippen molar-refractivity contribution in [3.05, 3.63) is 30.2 Å². The molecule has 1 aliphatic rings. The lowest BCUT2D eigenvalue weighted by atomic mass is 9.77. The van der Waals surface area contributed by atoms with Gasteiger partial charge in [0, 0.05) is 19.2 Å². The normalized spacial score (nSPS) is 16.2. The van der Waals surface area contributed by atoms with Gasteiger partial charge >= 0.3 is 0 Å². The van der Waals surface area contributed by atoms with Gasteiger partial charge in [0.15, 0.2) is 0 Å².